The van der Waals surface area contributed by atoms with Crippen LogP contribution in [0, 0.1) is 6.92 Å². The molecule has 18 heavy (non-hydrogen) atoms. The van der Waals surface area contributed by atoms with Gasteiger partial charge in [0, 0.05) is 25.2 Å². The van der Waals surface area contributed by atoms with Crippen LogP contribution in [-0.2, 0) is 0 Å². The molecule has 0 spiro atoms. The van der Waals surface area contributed by atoms with Crippen LogP contribution in [0.5, 0.6) is 0 Å². The van der Waals surface area contributed by atoms with Crippen molar-refractivity contribution in [3.05, 3.63) is 44.2 Å². The minimum atomic E-state index is -0.108. The van der Waals surface area contributed by atoms with E-state index < -0.39 is 0 Å². The predicted octanol–water partition coefficient (Wildman–Crippen LogP) is 3.33. The van der Waals surface area contributed by atoms with Crippen molar-refractivity contribution in [2.24, 2.45) is 5.73 Å². The highest BCUT2D eigenvalue weighted by Crippen LogP contribution is 2.33. The van der Waals surface area contributed by atoms with E-state index in [-0.39, 0.29) is 6.04 Å². The number of aromatic nitrogens is 1. The molecule has 0 aliphatic rings. The number of halogens is 1. The molecule has 0 aliphatic heterocycles. The van der Waals surface area contributed by atoms with E-state index in [9.17, 15) is 0 Å². The van der Waals surface area contributed by atoms with Gasteiger partial charge >= 0.3 is 0 Å². The Balaban J connectivity index is 2.25. The maximum Gasteiger partial charge on any atom is 0.127 e. The van der Waals surface area contributed by atoms with Crippen LogP contribution in [0.1, 0.15) is 22.0 Å². The van der Waals surface area contributed by atoms with E-state index in [1.807, 2.05) is 37.3 Å². The van der Waals surface area contributed by atoms with Crippen molar-refractivity contribution < 1.29 is 0 Å². The molecule has 0 saturated carbocycles. The maximum atomic E-state index is 6.26. The summed E-state index contributed by atoms with van der Waals surface area (Å²) in [4.78, 5) is 7.52. The fourth-order valence-electron chi connectivity index (χ4n) is 1.65. The van der Waals surface area contributed by atoms with Crippen LogP contribution in [0.3, 0.4) is 0 Å². The van der Waals surface area contributed by atoms with Gasteiger partial charge in [0.2, 0.25) is 0 Å². The second-order valence-electron chi connectivity index (χ2n) is 4.43. The van der Waals surface area contributed by atoms with Crippen molar-refractivity contribution in [3.8, 4) is 0 Å². The minimum absolute atomic E-state index is 0.108. The lowest BCUT2D eigenvalue weighted by molar-refractivity contribution is 0.880. The van der Waals surface area contributed by atoms with Crippen molar-refractivity contribution in [2.75, 3.05) is 19.0 Å². The highest BCUT2D eigenvalue weighted by molar-refractivity contribution is 9.11. The Morgan fingerprint density at radius 1 is 1.39 bits per heavy atom. The molecule has 0 aliphatic carbocycles. The zero-order valence-electron chi connectivity index (χ0n) is 10.6. The van der Waals surface area contributed by atoms with Crippen molar-refractivity contribution in [1.29, 1.82) is 0 Å². The third-order valence-corrected chi connectivity index (χ3v) is 4.99. The van der Waals surface area contributed by atoms with E-state index in [1.165, 1.54) is 5.56 Å². The number of nitrogens with zero attached hydrogens (tertiary/aromatic N) is 2. The summed E-state index contributed by atoms with van der Waals surface area (Å²) in [6.45, 7) is 2.07. The van der Waals surface area contributed by atoms with Crippen LogP contribution in [0.25, 0.3) is 0 Å². The van der Waals surface area contributed by atoms with Gasteiger partial charge in [0.1, 0.15) is 5.82 Å². The van der Waals surface area contributed by atoms with E-state index in [4.69, 9.17) is 5.73 Å². The van der Waals surface area contributed by atoms with Crippen LogP contribution < -0.4 is 10.6 Å². The summed E-state index contributed by atoms with van der Waals surface area (Å²) in [5.74, 6) is 0.939. The number of nitrogens with two attached hydrogens (primary N) is 1. The lowest BCUT2D eigenvalue weighted by Crippen LogP contribution is -2.13. The van der Waals surface area contributed by atoms with E-state index in [2.05, 4.69) is 33.9 Å². The molecule has 0 amide bonds. The maximum absolute atomic E-state index is 6.26. The molecule has 2 N–H and O–H groups in total. The Hall–Kier alpha value is -0.910. The van der Waals surface area contributed by atoms with Gasteiger partial charge in [0.05, 0.1) is 9.83 Å². The molecule has 2 aromatic rings. The molecule has 5 heteroatoms. The molecule has 0 fully saturated rings. The second kappa shape index (κ2) is 5.38. The highest BCUT2D eigenvalue weighted by Gasteiger charge is 2.13. The number of rotatable bonds is 3. The highest BCUT2D eigenvalue weighted by atomic mass is 79.9. The predicted molar refractivity (Wildman–Crippen MR) is 81.4 cm³/mol. The number of aryl methyl sites for hydroxylation is 1. The van der Waals surface area contributed by atoms with E-state index in [0.717, 1.165) is 20.0 Å². The Morgan fingerprint density at radius 2 is 2.11 bits per heavy atom. The van der Waals surface area contributed by atoms with Crippen LogP contribution in [0.4, 0.5) is 5.82 Å². The van der Waals surface area contributed by atoms with Gasteiger partial charge in [-0.1, -0.05) is 6.07 Å². The summed E-state index contributed by atoms with van der Waals surface area (Å²) in [6, 6.07) is 6.05. The number of pyridine rings is 1. The Bertz CT molecular complexity index is 514. The third kappa shape index (κ3) is 2.74. The minimum Gasteiger partial charge on any atom is -0.363 e. The molecule has 0 bridgehead atoms. The van der Waals surface area contributed by atoms with E-state index in [1.54, 1.807) is 11.3 Å². The van der Waals surface area contributed by atoms with Crippen LogP contribution in [-0.4, -0.2) is 19.1 Å². The van der Waals surface area contributed by atoms with Gasteiger partial charge in [-0.3, -0.25) is 0 Å². The summed E-state index contributed by atoms with van der Waals surface area (Å²) in [5.41, 5.74) is 8.52. The van der Waals surface area contributed by atoms with Crippen molar-refractivity contribution in [3.63, 3.8) is 0 Å². The zero-order valence-corrected chi connectivity index (χ0v) is 13.0. The number of anilines is 1. The van der Waals surface area contributed by atoms with Crippen LogP contribution in [0.15, 0.2) is 28.2 Å². The Labute approximate surface area is 120 Å². The largest absolute Gasteiger partial charge is 0.363 e. The third-order valence-electron chi connectivity index (χ3n) is 2.77. The molecule has 0 radical (unpaired) electrons. The van der Waals surface area contributed by atoms with E-state index in [0.29, 0.717) is 0 Å². The zero-order chi connectivity index (χ0) is 13.3. The molecule has 3 nitrogen and oxygen atoms in total. The van der Waals surface area contributed by atoms with Gasteiger partial charge in [-0.25, -0.2) is 4.98 Å². The first-order valence-corrected chi connectivity index (χ1v) is 7.24. The number of hydrogen-bond acceptors (Lipinski definition) is 4. The fraction of sp³-hybridized carbons (Fsp3) is 0.308. The fourth-order valence-corrected chi connectivity index (χ4v) is 3.25. The van der Waals surface area contributed by atoms with Crippen LogP contribution >= 0.6 is 27.3 Å². The molecule has 1 atom stereocenters. The second-order valence-corrected chi connectivity index (χ2v) is 6.83. The first-order valence-electron chi connectivity index (χ1n) is 5.63. The summed E-state index contributed by atoms with van der Waals surface area (Å²) in [7, 11) is 3.95. The molecular formula is C13H16BrN3S. The summed E-state index contributed by atoms with van der Waals surface area (Å²) in [6.07, 6.45) is 1.85. The molecule has 0 aromatic carbocycles. The molecule has 2 rings (SSSR count). The first-order chi connectivity index (χ1) is 8.49. The monoisotopic (exact) mass is 325 g/mol. The smallest absolute Gasteiger partial charge is 0.127 e. The summed E-state index contributed by atoms with van der Waals surface area (Å²) >= 11 is 5.21. The van der Waals surface area contributed by atoms with Crippen molar-refractivity contribution >= 4 is 33.1 Å². The SMILES string of the molecule is Cc1cc(C(N)c2ccc(N(C)C)nc2)sc1Br. The topological polar surface area (TPSA) is 42.1 Å². The van der Waals surface area contributed by atoms with Gasteiger partial charge in [-0.05, 0) is 46.1 Å². The molecule has 0 saturated heterocycles. The molecule has 2 heterocycles. The van der Waals surface area contributed by atoms with Crippen molar-refractivity contribution in [1.82, 2.24) is 4.98 Å². The Morgan fingerprint density at radius 3 is 2.56 bits per heavy atom. The van der Waals surface area contributed by atoms with Gasteiger partial charge in [0.25, 0.3) is 0 Å². The van der Waals surface area contributed by atoms with Crippen LogP contribution in [0.2, 0.25) is 0 Å². The number of hydrogen-bond donors (Lipinski definition) is 1. The molecular weight excluding hydrogens is 310 g/mol. The molecule has 1 unspecified atom stereocenters. The van der Waals surface area contributed by atoms with E-state index >= 15 is 0 Å². The molecule has 96 valence electrons. The normalized spacial score (nSPS) is 12.5. The van der Waals surface area contributed by atoms with Gasteiger partial charge < -0.3 is 10.6 Å². The Kier molecular flexibility index (Phi) is 4.04. The van der Waals surface area contributed by atoms with Crippen molar-refractivity contribution in [2.45, 2.75) is 13.0 Å². The average molecular weight is 326 g/mol. The number of thiophene rings is 1. The standard InChI is InChI=1S/C13H16BrN3S/c1-8-6-10(18-13(8)14)12(15)9-4-5-11(16-7-9)17(2)3/h4-7,12H,15H2,1-3H3. The lowest BCUT2D eigenvalue weighted by atomic mass is 10.1. The van der Waals surface area contributed by atoms with Gasteiger partial charge in [0.15, 0.2) is 0 Å². The van der Waals surface area contributed by atoms with Gasteiger partial charge in [-0.2, -0.15) is 0 Å². The summed E-state index contributed by atoms with van der Waals surface area (Å²) in [5, 5.41) is 0. The quantitative estimate of drug-likeness (QED) is 0.941. The lowest BCUT2D eigenvalue weighted by Gasteiger charge is -2.13. The first kappa shape index (κ1) is 13.5. The van der Waals surface area contributed by atoms with Gasteiger partial charge in [-0.15, -0.1) is 11.3 Å². The average Bonchev–Trinajstić information content (AvgIpc) is 2.69. The summed E-state index contributed by atoms with van der Waals surface area (Å²) < 4.78 is 1.14. The molecule has 2 aromatic heterocycles.